The smallest absolute Gasteiger partial charge is 0 e. The number of hydrogen-bond acceptors (Lipinski definition) is 0. The summed E-state index contributed by atoms with van der Waals surface area (Å²) >= 11 is 0. The van der Waals surface area contributed by atoms with Gasteiger partial charge < -0.3 is 0 Å². The average molecular weight is 402 g/mol. The molecule has 0 saturated carbocycles. The molecule has 0 aromatic heterocycles. The molecule has 0 saturated heterocycles. The fourth-order valence-corrected chi connectivity index (χ4v) is 0. The summed E-state index contributed by atoms with van der Waals surface area (Å²) in [6.45, 7) is 0. The fourth-order valence-electron chi connectivity index (χ4n) is 0. The van der Waals surface area contributed by atoms with E-state index in [4.69, 9.17) is 0 Å². The van der Waals surface area contributed by atoms with Crippen LogP contribution in [-0.2, 0) is 51.2 Å². The zero-order chi connectivity index (χ0) is 0. The Morgan fingerprint density at radius 2 is 0.375 bits per heavy atom. The summed E-state index contributed by atoms with van der Waals surface area (Å²) in [5, 5.41) is 0. The van der Waals surface area contributed by atoms with E-state index in [0.29, 0.717) is 0 Å². The second-order valence-electron chi connectivity index (χ2n) is 0. The van der Waals surface area contributed by atoms with Crippen LogP contribution in [-0.4, -0.2) is 18.0 Å². The molecule has 0 aromatic rings. The molecule has 6 radical (unpaired) electrons. The summed E-state index contributed by atoms with van der Waals surface area (Å²) in [6.07, 6.45) is 0. The van der Waals surface area contributed by atoms with E-state index in [0.717, 1.165) is 0 Å². The van der Waals surface area contributed by atoms with E-state index < -0.39 is 0 Å². The van der Waals surface area contributed by atoms with E-state index in [9.17, 15) is 0 Å². The Labute approximate surface area is 121 Å². The molecule has 8 heavy (non-hydrogen) atoms. The van der Waals surface area contributed by atoms with Crippen molar-refractivity contribution in [2.24, 2.45) is 0 Å². The van der Waals surface area contributed by atoms with Crippen molar-refractivity contribution in [1.82, 2.24) is 0 Å². The summed E-state index contributed by atoms with van der Waals surface area (Å²) in [7, 11) is 0. The molecular formula is H8AsCu3S4. The van der Waals surface area contributed by atoms with Crippen LogP contribution in [0, 0.1) is 0 Å². The van der Waals surface area contributed by atoms with Gasteiger partial charge in [-0.05, 0) is 0 Å². The third kappa shape index (κ3) is 55.8. The Bertz CT molecular complexity index is 11.2. The predicted octanol–water partition coefficient (Wildman–Crippen LogP) is 0.0629. The van der Waals surface area contributed by atoms with Gasteiger partial charge in [-0.3, -0.25) is 0 Å². The van der Waals surface area contributed by atoms with Crippen LogP contribution < -0.4 is 0 Å². The molecular weight excluding hydrogens is 394 g/mol. The Hall–Kier alpha value is 3.52. The normalized spacial score (nSPS) is 0. The predicted molar refractivity (Wildman–Crippen MR) is 47.3 cm³/mol. The molecule has 70 valence electrons. The first kappa shape index (κ1) is 103. The average Bonchev–Trinajstić information content (AvgIpc) is 0. The number of rotatable bonds is 0. The van der Waals surface area contributed by atoms with Gasteiger partial charge in [-0.15, -0.1) is 0 Å². The molecule has 0 aliphatic carbocycles. The van der Waals surface area contributed by atoms with Crippen LogP contribution in [0.1, 0.15) is 0 Å². The van der Waals surface area contributed by atoms with Gasteiger partial charge >= 0.3 is 0 Å². The Balaban J connectivity index is 0. The van der Waals surface area contributed by atoms with Crippen molar-refractivity contribution >= 4 is 71.9 Å². The molecule has 0 heterocycles. The van der Waals surface area contributed by atoms with Crippen LogP contribution in [0.5, 0.6) is 0 Å². The van der Waals surface area contributed by atoms with Crippen LogP contribution >= 0.6 is 54.0 Å². The molecule has 0 nitrogen and oxygen atoms in total. The van der Waals surface area contributed by atoms with Crippen LogP contribution in [0.2, 0.25) is 0 Å². The molecule has 0 aromatic carbocycles. The maximum absolute atomic E-state index is 0. The van der Waals surface area contributed by atoms with Gasteiger partial charge in [-0.1, -0.05) is 0 Å². The van der Waals surface area contributed by atoms with E-state index in [1.807, 2.05) is 0 Å². The van der Waals surface area contributed by atoms with Crippen molar-refractivity contribution < 1.29 is 51.2 Å². The first-order chi connectivity index (χ1) is 0. The Morgan fingerprint density at radius 1 is 0.375 bits per heavy atom. The molecule has 0 aliphatic rings. The minimum Gasteiger partial charge on any atom is -0.197 e. The maximum atomic E-state index is 0. The van der Waals surface area contributed by atoms with Crippen molar-refractivity contribution in [3.05, 3.63) is 0 Å². The molecule has 0 amide bonds. The van der Waals surface area contributed by atoms with Gasteiger partial charge in [0.15, 0.2) is 0 Å². The molecule has 0 bridgehead atoms. The zero-order valence-corrected chi connectivity index (χ0v) is 12.1. The van der Waals surface area contributed by atoms with Crippen LogP contribution in [0.3, 0.4) is 0 Å². The van der Waals surface area contributed by atoms with Crippen LogP contribution in [0.4, 0.5) is 0 Å². The van der Waals surface area contributed by atoms with Crippen LogP contribution in [0.15, 0.2) is 0 Å². The van der Waals surface area contributed by atoms with Crippen molar-refractivity contribution in [1.29, 1.82) is 0 Å². The van der Waals surface area contributed by atoms with Gasteiger partial charge in [0.1, 0.15) is 0 Å². The van der Waals surface area contributed by atoms with Crippen molar-refractivity contribution in [2.45, 2.75) is 0 Å². The summed E-state index contributed by atoms with van der Waals surface area (Å²) in [6, 6.07) is 0. The molecule has 0 fully saturated rings. The summed E-state index contributed by atoms with van der Waals surface area (Å²) in [5.41, 5.74) is 0. The monoisotopic (exact) mass is 400 g/mol. The van der Waals surface area contributed by atoms with Crippen LogP contribution in [0.25, 0.3) is 0 Å². The number of hydrogen-bond donors (Lipinski definition) is 0. The second kappa shape index (κ2) is 77.0. The van der Waals surface area contributed by atoms with E-state index in [2.05, 4.69) is 0 Å². The van der Waals surface area contributed by atoms with Crippen molar-refractivity contribution in [3.63, 3.8) is 0 Å². The SMILES string of the molecule is S.S.S.S.[As].[Cu].[Cu].[Cu]. The van der Waals surface area contributed by atoms with Crippen molar-refractivity contribution in [2.75, 3.05) is 0 Å². The van der Waals surface area contributed by atoms with Gasteiger partial charge in [0.2, 0.25) is 0 Å². The van der Waals surface area contributed by atoms with Gasteiger partial charge in [0.25, 0.3) is 0 Å². The minimum absolute atomic E-state index is 0. The van der Waals surface area contributed by atoms with Crippen molar-refractivity contribution in [3.8, 4) is 0 Å². The van der Waals surface area contributed by atoms with Gasteiger partial charge in [0, 0.05) is 69.2 Å². The summed E-state index contributed by atoms with van der Waals surface area (Å²) in [5.74, 6) is 0. The third-order valence-corrected chi connectivity index (χ3v) is 0. The second-order valence-corrected chi connectivity index (χ2v) is 0. The van der Waals surface area contributed by atoms with E-state index in [1.54, 1.807) is 0 Å². The Morgan fingerprint density at radius 3 is 0.375 bits per heavy atom. The van der Waals surface area contributed by atoms with Gasteiger partial charge in [0.05, 0.1) is 0 Å². The third-order valence-electron chi connectivity index (χ3n) is 0. The molecule has 0 aliphatic heterocycles. The maximum Gasteiger partial charge on any atom is 0 e. The summed E-state index contributed by atoms with van der Waals surface area (Å²) in [4.78, 5) is 0. The topological polar surface area (TPSA) is 0 Å². The first-order valence-corrected chi connectivity index (χ1v) is 0. The largest absolute Gasteiger partial charge is 0.197 e. The van der Waals surface area contributed by atoms with E-state index in [-0.39, 0.29) is 123 Å². The van der Waals surface area contributed by atoms with E-state index >= 15 is 0 Å². The first-order valence-electron chi connectivity index (χ1n) is 0. The molecule has 0 unspecified atom stereocenters. The zero-order valence-electron chi connectivity index (χ0n) is 3.35. The molecule has 0 N–H and O–H groups in total. The van der Waals surface area contributed by atoms with E-state index in [1.165, 1.54) is 0 Å². The minimum atomic E-state index is 0. The molecule has 0 rings (SSSR count). The Kier molecular flexibility index (Phi) is 991. The van der Waals surface area contributed by atoms with Gasteiger partial charge in [-0.2, -0.15) is 54.0 Å². The molecule has 0 atom stereocenters. The van der Waals surface area contributed by atoms with Gasteiger partial charge in [-0.25, -0.2) is 0 Å². The summed E-state index contributed by atoms with van der Waals surface area (Å²) < 4.78 is 0. The molecule has 0 spiro atoms. The molecule has 8 heteroatoms. The fraction of sp³-hybridized carbons (Fsp3) is 0. The quantitative estimate of drug-likeness (QED) is 0.504. The standard InChI is InChI=1S/As.3Cu.4H2S/h;;;;4*1H2.